The molecule has 0 unspecified atom stereocenters. The molecule has 19 heavy (non-hydrogen) atoms. The van der Waals surface area contributed by atoms with Gasteiger partial charge in [-0.3, -0.25) is 4.79 Å². The number of nitrogens with zero attached hydrogens (tertiary/aromatic N) is 3. The predicted molar refractivity (Wildman–Crippen MR) is 70.4 cm³/mol. The van der Waals surface area contributed by atoms with E-state index in [2.05, 4.69) is 45.0 Å². The molecule has 6 heteroatoms. The normalized spacial score (nSPS) is 10.4. The molecule has 0 radical (unpaired) electrons. The third kappa shape index (κ3) is 4.17. The van der Waals surface area contributed by atoms with E-state index in [0.717, 1.165) is 6.42 Å². The van der Waals surface area contributed by atoms with Crippen LogP contribution in [0.5, 0.6) is 0 Å². The second kappa shape index (κ2) is 6.63. The van der Waals surface area contributed by atoms with Crippen molar-refractivity contribution in [3.8, 4) is 0 Å². The SMILES string of the molecule is Cc1ccccc1CCC(=O)NCCc1nn[nH]n1. The number of aromatic nitrogens is 4. The van der Waals surface area contributed by atoms with Crippen LogP contribution in [-0.2, 0) is 17.6 Å². The summed E-state index contributed by atoms with van der Waals surface area (Å²) in [6, 6.07) is 8.12. The minimum Gasteiger partial charge on any atom is -0.356 e. The van der Waals surface area contributed by atoms with Crippen molar-refractivity contribution < 1.29 is 4.79 Å². The van der Waals surface area contributed by atoms with E-state index in [-0.39, 0.29) is 5.91 Å². The molecule has 0 saturated heterocycles. The maximum atomic E-state index is 11.7. The fourth-order valence-electron chi connectivity index (χ4n) is 1.83. The van der Waals surface area contributed by atoms with E-state index in [4.69, 9.17) is 0 Å². The maximum Gasteiger partial charge on any atom is 0.220 e. The quantitative estimate of drug-likeness (QED) is 0.803. The van der Waals surface area contributed by atoms with Crippen LogP contribution in [0.4, 0.5) is 0 Å². The third-order valence-electron chi connectivity index (χ3n) is 2.94. The van der Waals surface area contributed by atoms with Crippen LogP contribution in [0.15, 0.2) is 24.3 Å². The summed E-state index contributed by atoms with van der Waals surface area (Å²) < 4.78 is 0. The smallest absolute Gasteiger partial charge is 0.220 e. The lowest BCUT2D eigenvalue weighted by Gasteiger charge is -2.06. The number of nitrogens with one attached hydrogen (secondary N) is 2. The Morgan fingerprint density at radius 1 is 1.32 bits per heavy atom. The van der Waals surface area contributed by atoms with Crippen LogP contribution in [0.2, 0.25) is 0 Å². The van der Waals surface area contributed by atoms with Gasteiger partial charge in [-0.25, -0.2) is 0 Å². The first-order valence-electron chi connectivity index (χ1n) is 6.29. The van der Waals surface area contributed by atoms with Crippen molar-refractivity contribution in [3.05, 3.63) is 41.2 Å². The number of aryl methyl sites for hydroxylation is 2. The average molecular weight is 259 g/mol. The molecule has 0 aliphatic rings. The van der Waals surface area contributed by atoms with Crippen LogP contribution in [-0.4, -0.2) is 33.1 Å². The molecule has 2 N–H and O–H groups in total. The number of benzene rings is 1. The number of carbonyl (C=O) groups is 1. The van der Waals surface area contributed by atoms with Gasteiger partial charge in [-0.05, 0) is 24.5 Å². The van der Waals surface area contributed by atoms with E-state index in [1.165, 1.54) is 11.1 Å². The van der Waals surface area contributed by atoms with Gasteiger partial charge in [-0.15, -0.1) is 10.2 Å². The van der Waals surface area contributed by atoms with E-state index in [0.29, 0.717) is 25.2 Å². The summed E-state index contributed by atoms with van der Waals surface area (Å²) in [5, 5.41) is 16.3. The number of hydrogen-bond donors (Lipinski definition) is 2. The second-order valence-corrected chi connectivity index (χ2v) is 4.35. The zero-order chi connectivity index (χ0) is 13.5. The minimum atomic E-state index is 0.0479. The number of H-pyrrole nitrogens is 1. The Balaban J connectivity index is 1.69. The molecule has 0 atom stereocenters. The Labute approximate surface area is 111 Å². The number of amides is 1. The highest BCUT2D eigenvalue weighted by Crippen LogP contribution is 2.09. The molecule has 1 aromatic heterocycles. The van der Waals surface area contributed by atoms with Crippen molar-refractivity contribution >= 4 is 5.91 Å². The first kappa shape index (κ1) is 13.2. The molecular weight excluding hydrogens is 242 g/mol. The molecule has 0 spiro atoms. The Morgan fingerprint density at radius 3 is 2.89 bits per heavy atom. The van der Waals surface area contributed by atoms with Crippen LogP contribution >= 0.6 is 0 Å². The Hall–Kier alpha value is -2.24. The predicted octanol–water partition coefficient (Wildman–Crippen LogP) is 0.800. The van der Waals surface area contributed by atoms with Gasteiger partial charge in [0.25, 0.3) is 0 Å². The number of rotatable bonds is 6. The average Bonchev–Trinajstić information content (AvgIpc) is 2.91. The Kier molecular flexibility index (Phi) is 4.60. The highest BCUT2D eigenvalue weighted by Gasteiger charge is 2.04. The van der Waals surface area contributed by atoms with Crippen LogP contribution in [0, 0.1) is 6.92 Å². The summed E-state index contributed by atoms with van der Waals surface area (Å²) >= 11 is 0. The van der Waals surface area contributed by atoms with Gasteiger partial charge >= 0.3 is 0 Å². The molecule has 2 aromatic rings. The molecule has 6 nitrogen and oxygen atoms in total. The van der Waals surface area contributed by atoms with E-state index in [1.54, 1.807) is 0 Å². The van der Waals surface area contributed by atoms with Crippen LogP contribution < -0.4 is 5.32 Å². The number of hydrogen-bond acceptors (Lipinski definition) is 4. The first-order valence-corrected chi connectivity index (χ1v) is 6.29. The Morgan fingerprint density at radius 2 is 2.16 bits per heavy atom. The van der Waals surface area contributed by atoms with Gasteiger partial charge in [-0.1, -0.05) is 29.5 Å². The van der Waals surface area contributed by atoms with E-state index in [9.17, 15) is 4.79 Å². The zero-order valence-corrected chi connectivity index (χ0v) is 10.9. The molecular formula is C13H17N5O. The van der Waals surface area contributed by atoms with Gasteiger partial charge in [0.05, 0.1) is 0 Å². The fourth-order valence-corrected chi connectivity index (χ4v) is 1.83. The summed E-state index contributed by atoms with van der Waals surface area (Å²) in [7, 11) is 0. The van der Waals surface area contributed by atoms with E-state index in [1.807, 2.05) is 12.1 Å². The lowest BCUT2D eigenvalue weighted by Crippen LogP contribution is -2.26. The molecule has 2 rings (SSSR count). The number of tetrazole rings is 1. The molecule has 1 amide bonds. The van der Waals surface area contributed by atoms with Crippen molar-refractivity contribution in [2.75, 3.05) is 6.54 Å². The highest BCUT2D eigenvalue weighted by atomic mass is 16.1. The topological polar surface area (TPSA) is 83.6 Å². The second-order valence-electron chi connectivity index (χ2n) is 4.35. The van der Waals surface area contributed by atoms with Crippen LogP contribution in [0.3, 0.4) is 0 Å². The number of aromatic amines is 1. The molecule has 100 valence electrons. The largest absolute Gasteiger partial charge is 0.356 e. The molecule has 1 aromatic carbocycles. The fraction of sp³-hybridized carbons (Fsp3) is 0.385. The molecule has 0 bridgehead atoms. The summed E-state index contributed by atoms with van der Waals surface area (Å²) in [5.41, 5.74) is 2.44. The molecule has 0 aliphatic carbocycles. The summed E-state index contributed by atoms with van der Waals surface area (Å²) in [5.74, 6) is 0.658. The standard InChI is InChI=1S/C13H17N5O/c1-10-4-2-3-5-11(10)6-7-13(19)14-9-8-12-15-17-18-16-12/h2-5H,6-9H2,1H3,(H,14,19)(H,15,16,17,18). The van der Waals surface area contributed by atoms with E-state index < -0.39 is 0 Å². The van der Waals surface area contributed by atoms with Crippen molar-refractivity contribution in [2.45, 2.75) is 26.2 Å². The minimum absolute atomic E-state index is 0.0479. The first-order chi connectivity index (χ1) is 9.25. The molecule has 1 heterocycles. The van der Waals surface area contributed by atoms with E-state index >= 15 is 0 Å². The maximum absolute atomic E-state index is 11.7. The van der Waals surface area contributed by atoms with Gasteiger partial charge in [0.1, 0.15) is 0 Å². The zero-order valence-electron chi connectivity index (χ0n) is 10.9. The highest BCUT2D eigenvalue weighted by molar-refractivity contribution is 5.76. The van der Waals surface area contributed by atoms with Crippen molar-refractivity contribution in [3.63, 3.8) is 0 Å². The Bertz CT molecular complexity index is 524. The van der Waals surface area contributed by atoms with Crippen LogP contribution in [0.1, 0.15) is 23.4 Å². The lowest BCUT2D eigenvalue weighted by molar-refractivity contribution is -0.121. The van der Waals surface area contributed by atoms with Gasteiger partial charge < -0.3 is 5.32 Å². The summed E-state index contributed by atoms with van der Waals surface area (Å²) in [4.78, 5) is 11.7. The summed E-state index contributed by atoms with van der Waals surface area (Å²) in [6.07, 6.45) is 1.85. The molecule has 0 fully saturated rings. The van der Waals surface area contributed by atoms with Gasteiger partial charge in [0, 0.05) is 19.4 Å². The summed E-state index contributed by atoms with van der Waals surface area (Å²) in [6.45, 7) is 2.59. The molecule has 0 aliphatic heterocycles. The van der Waals surface area contributed by atoms with Gasteiger partial charge in [0.2, 0.25) is 5.91 Å². The molecule has 0 saturated carbocycles. The van der Waals surface area contributed by atoms with Crippen molar-refractivity contribution in [2.24, 2.45) is 0 Å². The lowest BCUT2D eigenvalue weighted by atomic mass is 10.0. The number of carbonyl (C=O) groups excluding carboxylic acids is 1. The van der Waals surface area contributed by atoms with Crippen molar-refractivity contribution in [1.29, 1.82) is 0 Å². The van der Waals surface area contributed by atoms with Gasteiger partial charge in [0.15, 0.2) is 5.82 Å². The third-order valence-corrected chi connectivity index (χ3v) is 2.94. The van der Waals surface area contributed by atoms with Gasteiger partial charge in [-0.2, -0.15) is 5.21 Å². The monoisotopic (exact) mass is 259 g/mol. The van der Waals surface area contributed by atoms with Crippen molar-refractivity contribution in [1.82, 2.24) is 25.9 Å². The van der Waals surface area contributed by atoms with Crippen LogP contribution in [0.25, 0.3) is 0 Å².